The SMILES string of the molecule is Nc1ccc2c(c1)C(=O)N(CCn1ccccc1=O)C2. The molecule has 0 fully saturated rings. The van der Waals surface area contributed by atoms with Crippen LogP contribution in [0.2, 0.25) is 0 Å². The van der Waals surface area contributed by atoms with E-state index in [-0.39, 0.29) is 11.5 Å². The highest BCUT2D eigenvalue weighted by Gasteiger charge is 2.26. The summed E-state index contributed by atoms with van der Waals surface area (Å²) >= 11 is 0. The second-order valence-electron chi connectivity index (χ2n) is 4.88. The minimum atomic E-state index is -0.0547. The highest BCUT2D eigenvalue weighted by Crippen LogP contribution is 2.24. The Bertz CT molecular complexity index is 721. The Labute approximate surface area is 116 Å². The van der Waals surface area contributed by atoms with Gasteiger partial charge in [0.25, 0.3) is 11.5 Å². The normalized spacial score (nSPS) is 13.6. The van der Waals surface area contributed by atoms with Gasteiger partial charge in [-0.1, -0.05) is 12.1 Å². The Kier molecular flexibility index (Phi) is 3.02. The van der Waals surface area contributed by atoms with Gasteiger partial charge in [0, 0.05) is 43.1 Å². The Morgan fingerprint density at radius 2 is 1.95 bits per heavy atom. The van der Waals surface area contributed by atoms with Crippen LogP contribution in [0.25, 0.3) is 0 Å². The summed E-state index contributed by atoms with van der Waals surface area (Å²) < 4.78 is 1.60. The number of fused-ring (bicyclic) bond motifs is 1. The van der Waals surface area contributed by atoms with E-state index in [0.29, 0.717) is 30.9 Å². The molecule has 1 aliphatic rings. The maximum absolute atomic E-state index is 12.2. The lowest BCUT2D eigenvalue weighted by Gasteiger charge is -2.16. The zero-order chi connectivity index (χ0) is 14.1. The molecule has 0 atom stereocenters. The minimum absolute atomic E-state index is 0.0173. The molecule has 5 nitrogen and oxygen atoms in total. The summed E-state index contributed by atoms with van der Waals surface area (Å²) in [5, 5.41) is 0. The van der Waals surface area contributed by atoms with E-state index in [1.165, 1.54) is 6.07 Å². The van der Waals surface area contributed by atoms with E-state index in [0.717, 1.165) is 5.56 Å². The number of carbonyl (C=O) groups is 1. The summed E-state index contributed by atoms with van der Waals surface area (Å²) in [6.45, 7) is 1.59. The largest absolute Gasteiger partial charge is 0.399 e. The third-order valence-corrected chi connectivity index (χ3v) is 3.52. The Balaban J connectivity index is 1.74. The zero-order valence-electron chi connectivity index (χ0n) is 11.0. The Hall–Kier alpha value is -2.56. The van der Waals surface area contributed by atoms with E-state index in [1.807, 2.05) is 12.1 Å². The summed E-state index contributed by atoms with van der Waals surface area (Å²) in [7, 11) is 0. The molecule has 2 heterocycles. The molecule has 2 aromatic rings. The first kappa shape index (κ1) is 12.5. The topological polar surface area (TPSA) is 68.3 Å². The fourth-order valence-corrected chi connectivity index (χ4v) is 2.43. The van der Waals surface area contributed by atoms with Crippen LogP contribution in [0.4, 0.5) is 5.69 Å². The summed E-state index contributed by atoms with van der Waals surface area (Å²) in [6.07, 6.45) is 1.73. The Morgan fingerprint density at radius 1 is 1.10 bits per heavy atom. The molecule has 0 unspecified atom stereocenters. The third kappa shape index (κ3) is 2.18. The van der Waals surface area contributed by atoms with Crippen LogP contribution in [-0.2, 0) is 13.1 Å². The lowest BCUT2D eigenvalue weighted by atomic mass is 10.1. The monoisotopic (exact) mass is 269 g/mol. The number of pyridine rings is 1. The summed E-state index contributed by atoms with van der Waals surface area (Å²) in [4.78, 5) is 25.6. The number of hydrogen-bond donors (Lipinski definition) is 1. The van der Waals surface area contributed by atoms with Crippen molar-refractivity contribution in [3.05, 3.63) is 64.1 Å². The van der Waals surface area contributed by atoms with Crippen molar-refractivity contribution in [2.75, 3.05) is 12.3 Å². The van der Waals surface area contributed by atoms with Crippen molar-refractivity contribution in [3.63, 3.8) is 0 Å². The van der Waals surface area contributed by atoms with Gasteiger partial charge in [-0.2, -0.15) is 0 Å². The van der Waals surface area contributed by atoms with Crippen molar-refractivity contribution < 1.29 is 4.79 Å². The lowest BCUT2D eigenvalue weighted by Crippen LogP contribution is -2.30. The highest BCUT2D eigenvalue weighted by atomic mass is 16.2. The maximum Gasteiger partial charge on any atom is 0.254 e. The minimum Gasteiger partial charge on any atom is -0.399 e. The number of carbonyl (C=O) groups excluding carboxylic acids is 1. The average Bonchev–Trinajstić information content (AvgIpc) is 2.75. The standard InChI is InChI=1S/C15H15N3O2/c16-12-5-4-11-10-18(15(20)13(11)9-12)8-7-17-6-2-1-3-14(17)19/h1-6,9H,7-8,10,16H2. The van der Waals surface area contributed by atoms with Gasteiger partial charge in [0.1, 0.15) is 0 Å². The van der Waals surface area contributed by atoms with Gasteiger partial charge >= 0.3 is 0 Å². The first-order valence-corrected chi connectivity index (χ1v) is 6.48. The fourth-order valence-electron chi connectivity index (χ4n) is 2.43. The van der Waals surface area contributed by atoms with Gasteiger partial charge in [-0.3, -0.25) is 9.59 Å². The number of rotatable bonds is 3. The second kappa shape index (κ2) is 4.85. The number of amides is 1. The molecule has 1 amide bonds. The van der Waals surface area contributed by atoms with Gasteiger partial charge in [-0.15, -0.1) is 0 Å². The lowest BCUT2D eigenvalue weighted by molar-refractivity contribution is 0.0772. The van der Waals surface area contributed by atoms with Crippen LogP contribution in [0.5, 0.6) is 0 Å². The predicted molar refractivity (Wildman–Crippen MR) is 76.3 cm³/mol. The van der Waals surface area contributed by atoms with Gasteiger partial charge in [-0.05, 0) is 23.8 Å². The first-order chi connectivity index (χ1) is 9.65. The van der Waals surface area contributed by atoms with E-state index in [1.54, 1.807) is 33.9 Å². The molecular weight excluding hydrogens is 254 g/mol. The summed E-state index contributed by atoms with van der Waals surface area (Å²) in [5.41, 5.74) is 7.91. The van der Waals surface area contributed by atoms with Crippen molar-refractivity contribution in [2.24, 2.45) is 0 Å². The molecule has 1 aliphatic heterocycles. The van der Waals surface area contributed by atoms with Crippen LogP contribution < -0.4 is 11.3 Å². The molecule has 20 heavy (non-hydrogen) atoms. The number of nitrogens with two attached hydrogens (primary N) is 1. The van der Waals surface area contributed by atoms with E-state index < -0.39 is 0 Å². The molecule has 102 valence electrons. The molecule has 3 rings (SSSR count). The van der Waals surface area contributed by atoms with Crippen LogP contribution in [0.1, 0.15) is 15.9 Å². The molecule has 0 saturated carbocycles. The molecule has 5 heteroatoms. The van der Waals surface area contributed by atoms with Crippen molar-refractivity contribution in [1.82, 2.24) is 9.47 Å². The smallest absolute Gasteiger partial charge is 0.254 e. The third-order valence-electron chi connectivity index (χ3n) is 3.52. The molecule has 0 bridgehead atoms. The highest BCUT2D eigenvalue weighted by molar-refractivity contribution is 5.99. The molecular formula is C15H15N3O2. The van der Waals surface area contributed by atoms with Crippen LogP contribution in [0, 0.1) is 0 Å². The van der Waals surface area contributed by atoms with Gasteiger partial charge < -0.3 is 15.2 Å². The van der Waals surface area contributed by atoms with Crippen LogP contribution in [-0.4, -0.2) is 21.9 Å². The fraction of sp³-hybridized carbons (Fsp3) is 0.200. The average molecular weight is 269 g/mol. The van der Waals surface area contributed by atoms with Crippen LogP contribution in [0.3, 0.4) is 0 Å². The summed E-state index contributed by atoms with van der Waals surface area (Å²) in [5.74, 6) is -0.0173. The molecule has 1 aromatic carbocycles. The number of anilines is 1. The van der Waals surface area contributed by atoms with E-state index in [4.69, 9.17) is 5.73 Å². The number of aromatic nitrogens is 1. The van der Waals surface area contributed by atoms with Crippen molar-refractivity contribution in [1.29, 1.82) is 0 Å². The van der Waals surface area contributed by atoms with Crippen molar-refractivity contribution in [3.8, 4) is 0 Å². The molecule has 0 radical (unpaired) electrons. The molecule has 1 aromatic heterocycles. The van der Waals surface area contributed by atoms with Crippen molar-refractivity contribution in [2.45, 2.75) is 13.1 Å². The zero-order valence-corrected chi connectivity index (χ0v) is 11.0. The van der Waals surface area contributed by atoms with E-state index in [2.05, 4.69) is 0 Å². The van der Waals surface area contributed by atoms with Crippen molar-refractivity contribution >= 4 is 11.6 Å². The number of nitrogen functional groups attached to an aromatic ring is 1. The first-order valence-electron chi connectivity index (χ1n) is 6.48. The van der Waals surface area contributed by atoms with Crippen LogP contribution >= 0.6 is 0 Å². The van der Waals surface area contributed by atoms with E-state index >= 15 is 0 Å². The summed E-state index contributed by atoms with van der Waals surface area (Å²) in [6, 6.07) is 10.4. The number of benzene rings is 1. The second-order valence-corrected chi connectivity index (χ2v) is 4.88. The quantitative estimate of drug-likeness (QED) is 0.848. The molecule has 0 aliphatic carbocycles. The predicted octanol–water partition coefficient (Wildman–Crippen LogP) is 1.09. The van der Waals surface area contributed by atoms with Gasteiger partial charge in [-0.25, -0.2) is 0 Å². The van der Waals surface area contributed by atoms with Gasteiger partial charge in [0.05, 0.1) is 0 Å². The van der Waals surface area contributed by atoms with Gasteiger partial charge in [0.15, 0.2) is 0 Å². The van der Waals surface area contributed by atoms with E-state index in [9.17, 15) is 9.59 Å². The molecule has 0 spiro atoms. The van der Waals surface area contributed by atoms with Crippen LogP contribution in [0.15, 0.2) is 47.4 Å². The molecule has 2 N–H and O–H groups in total. The molecule has 0 saturated heterocycles. The number of nitrogens with zero attached hydrogens (tertiary/aromatic N) is 2. The number of hydrogen-bond acceptors (Lipinski definition) is 3. The Morgan fingerprint density at radius 3 is 2.75 bits per heavy atom. The van der Waals surface area contributed by atoms with Gasteiger partial charge in [0.2, 0.25) is 0 Å². The maximum atomic E-state index is 12.2.